The van der Waals surface area contributed by atoms with Crippen LogP contribution in [0, 0.1) is 23.0 Å². The minimum Gasteiger partial charge on any atom is -0.388 e. The van der Waals surface area contributed by atoms with Crippen molar-refractivity contribution in [1.29, 1.82) is 5.26 Å². The maximum Gasteiger partial charge on any atom is 0.159 e. The van der Waals surface area contributed by atoms with Crippen molar-refractivity contribution in [2.45, 2.75) is 12.5 Å². The fraction of sp³-hybridized carbons (Fsp3) is 0.133. The van der Waals surface area contributed by atoms with Crippen LogP contribution in [0.4, 0.5) is 8.78 Å². The van der Waals surface area contributed by atoms with Crippen LogP contribution in [0.15, 0.2) is 42.5 Å². The molecule has 0 aromatic heterocycles. The molecule has 0 spiro atoms. The van der Waals surface area contributed by atoms with Crippen LogP contribution in [0.3, 0.4) is 0 Å². The molecule has 2 aromatic rings. The van der Waals surface area contributed by atoms with E-state index >= 15 is 0 Å². The molecule has 0 aliphatic carbocycles. The van der Waals surface area contributed by atoms with E-state index in [9.17, 15) is 13.9 Å². The van der Waals surface area contributed by atoms with Crippen LogP contribution in [0.5, 0.6) is 0 Å². The van der Waals surface area contributed by atoms with Gasteiger partial charge in [-0.2, -0.15) is 5.26 Å². The highest BCUT2D eigenvalue weighted by Gasteiger charge is 2.10. The van der Waals surface area contributed by atoms with Gasteiger partial charge in [0.25, 0.3) is 0 Å². The van der Waals surface area contributed by atoms with Crippen molar-refractivity contribution in [2.24, 2.45) is 0 Å². The number of aliphatic hydroxyl groups is 1. The number of rotatable bonds is 3. The van der Waals surface area contributed by atoms with Gasteiger partial charge in [-0.25, -0.2) is 8.78 Å². The Hall–Kier alpha value is -2.25. The van der Waals surface area contributed by atoms with Crippen molar-refractivity contribution in [1.82, 2.24) is 0 Å². The third kappa shape index (κ3) is 3.15. The van der Waals surface area contributed by atoms with Crippen molar-refractivity contribution in [2.75, 3.05) is 0 Å². The van der Waals surface area contributed by atoms with Crippen LogP contribution in [0.1, 0.15) is 22.8 Å². The van der Waals surface area contributed by atoms with Crippen molar-refractivity contribution in [3.8, 4) is 6.07 Å². The lowest BCUT2D eigenvalue weighted by Crippen LogP contribution is -2.02. The topological polar surface area (TPSA) is 44.0 Å². The van der Waals surface area contributed by atoms with Gasteiger partial charge in [-0.15, -0.1) is 0 Å². The summed E-state index contributed by atoms with van der Waals surface area (Å²) in [6.07, 6.45) is -0.638. The Bertz CT molecular complexity index is 617. The number of nitrogens with zero attached hydrogens (tertiary/aromatic N) is 1. The highest BCUT2D eigenvalue weighted by atomic mass is 19.2. The van der Waals surface area contributed by atoms with Crippen LogP contribution < -0.4 is 0 Å². The SMILES string of the molecule is N#Cc1ccc(C(O)Cc2ccc(F)c(F)c2)cc1. The van der Waals surface area contributed by atoms with E-state index in [1.165, 1.54) is 6.07 Å². The standard InChI is InChI=1S/C15H11F2NO/c16-13-6-3-11(7-14(13)17)8-15(19)12-4-1-10(9-18)2-5-12/h1-7,15,19H,8H2. The number of nitriles is 1. The predicted molar refractivity (Wildman–Crippen MR) is 66.2 cm³/mol. The van der Waals surface area contributed by atoms with Crippen LogP contribution in [-0.2, 0) is 6.42 Å². The molecule has 0 amide bonds. The van der Waals surface area contributed by atoms with Gasteiger partial charge in [0.15, 0.2) is 11.6 Å². The molecule has 0 aliphatic rings. The van der Waals surface area contributed by atoms with Gasteiger partial charge in [0.2, 0.25) is 0 Å². The van der Waals surface area contributed by atoms with Gasteiger partial charge in [-0.3, -0.25) is 0 Å². The van der Waals surface area contributed by atoms with E-state index in [0.717, 1.165) is 12.1 Å². The summed E-state index contributed by atoms with van der Waals surface area (Å²) in [5.41, 5.74) is 1.64. The highest BCUT2D eigenvalue weighted by Crippen LogP contribution is 2.20. The number of halogens is 2. The zero-order chi connectivity index (χ0) is 13.8. The summed E-state index contributed by atoms with van der Waals surface area (Å²) in [5.74, 6) is -1.83. The van der Waals surface area contributed by atoms with Gasteiger partial charge in [-0.1, -0.05) is 18.2 Å². The van der Waals surface area contributed by atoms with E-state index in [1.807, 2.05) is 6.07 Å². The summed E-state index contributed by atoms with van der Waals surface area (Å²) >= 11 is 0. The second-order valence-corrected chi connectivity index (χ2v) is 4.20. The summed E-state index contributed by atoms with van der Waals surface area (Å²) < 4.78 is 25.8. The first-order valence-corrected chi connectivity index (χ1v) is 5.72. The first-order valence-electron chi connectivity index (χ1n) is 5.72. The Morgan fingerprint density at radius 2 is 1.74 bits per heavy atom. The monoisotopic (exact) mass is 259 g/mol. The lowest BCUT2D eigenvalue weighted by atomic mass is 10.0. The third-order valence-electron chi connectivity index (χ3n) is 2.84. The first-order chi connectivity index (χ1) is 9.10. The lowest BCUT2D eigenvalue weighted by Gasteiger charge is -2.11. The average molecular weight is 259 g/mol. The zero-order valence-corrected chi connectivity index (χ0v) is 9.98. The van der Waals surface area contributed by atoms with Crippen molar-refractivity contribution in [3.05, 3.63) is 70.8 Å². The average Bonchev–Trinajstić information content (AvgIpc) is 2.43. The summed E-state index contributed by atoms with van der Waals surface area (Å²) in [4.78, 5) is 0. The molecule has 0 saturated carbocycles. The van der Waals surface area contributed by atoms with Crippen LogP contribution in [0.25, 0.3) is 0 Å². The van der Waals surface area contributed by atoms with Gasteiger partial charge < -0.3 is 5.11 Å². The Morgan fingerprint density at radius 1 is 1.05 bits per heavy atom. The summed E-state index contributed by atoms with van der Waals surface area (Å²) in [7, 11) is 0. The Labute approximate surface area is 109 Å². The molecule has 0 saturated heterocycles. The molecule has 1 atom stereocenters. The number of hydrogen-bond acceptors (Lipinski definition) is 2. The van der Waals surface area contributed by atoms with E-state index in [2.05, 4.69) is 0 Å². The second kappa shape index (κ2) is 5.59. The Balaban J connectivity index is 2.13. The summed E-state index contributed by atoms with van der Waals surface area (Å²) in [6.45, 7) is 0. The third-order valence-corrected chi connectivity index (χ3v) is 2.84. The quantitative estimate of drug-likeness (QED) is 0.920. The van der Waals surface area contributed by atoms with Crippen molar-refractivity contribution >= 4 is 0 Å². The molecule has 2 aromatic carbocycles. The molecular weight excluding hydrogens is 248 g/mol. The fourth-order valence-corrected chi connectivity index (χ4v) is 1.79. The van der Waals surface area contributed by atoms with Crippen LogP contribution in [0.2, 0.25) is 0 Å². The predicted octanol–water partition coefficient (Wildman–Crippen LogP) is 3.11. The molecule has 4 heteroatoms. The van der Waals surface area contributed by atoms with Crippen LogP contribution in [-0.4, -0.2) is 5.11 Å². The molecule has 0 radical (unpaired) electrons. The van der Waals surface area contributed by atoms with E-state index in [1.54, 1.807) is 24.3 Å². The minimum atomic E-state index is -0.926. The number of aliphatic hydroxyl groups excluding tert-OH is 1. The molecule has 1 N–H and O–H groups in total. The molecular formula is C15H11F2NO. The molecule has 0 bridgehead atoms. The van der Waals surface area contributed by atoms with E-state index in [-0.39, 0.29) is 6.42 Å². The molecule has 2 nitrogen and oxygen atoms in total. The van der Waals surface area contributed by atoms with E-state index < -0.39 is 17.7 Å². The van der Waals surface area contributed by atoms with E-state index in [0.29, 0.717) is 16.7 Å². The Morgan fingerprint density at radius 3 is 2.32 bits per heavy atom. The number of benzene rings is 2. The van der Waals surface area contributed by atoms with Crippen LogP contribution >= 0.6 is 0 Å². The van der Waals surface area contributed by atoms with Gasteiger partial charge in [0, 0.05) is 6.42 Å². The minimum absolute atomic E-state index is 0.184. The maximum atomic E-state index is 13.0. The normalized spacial score (nSPS) is 11.9. The molecule has 0 aliphatic heterocycles. The van der Waals surface area contributed by atoms with Gasteiger partial charge in [0.05, 0.1) is 17.7 Å². The lowest BCUT2D eigenvalue weighted by molar-refractivity contribution is 0.178. The molecule has 0 fully saturated rings. The summed E-state index contributed by atoms with van der Waals surface area (Å²) in [5, 5.41) is 18.7. The van der Waals surface area contributed by atoms with E-state index in [4.69, 9.17) is 5.26 Å². The maximum absolute atomic E-state index is 13.0. The van der Waals surface area contributed by atoms with Crippen molar-refractivity contribution in [3.63, 3.8) is 0 Å². The molecule has 1 unspecified atom stereocenters. The molecule has 96 valence electrons. The van der Waals surface area contributed by atoms with Gasteiger partial charge in [0.1, 0.15) is 0 Å². The number of hydrogen-bond donors (Lipinski definition) is 1. The molecule has 19 heavy (non-hydrogen) atoms. The highest BCUT2D eigenvalue weighted by molar-refractivity contribution is 5.33. The summed E-state index contributed by atoms with van der Waals surface area (Å²) in [6, 6.07) is 12.0. The van der Waals surface area contributed by atoms with Gasteiger partial charge >= 0.3 is 0 Å². The first kappa shape index (κ1) is 13.2. The zero-order valence-electron chi connectivity index (χ0n) is 9.98. The fourth-order valence-electron chi connectivity index (χ4n) is 1.79. The Kier molecular flexibility index (Phi) is 3.88. The smallest absolute Gasteiger partial charge is 0.159 e. The second-order valence-electron chi connectivity index (χ2n) is 4.20. The molecule has 2 rings (SSSR count). The molecule has 0 heterocycles. The van der Waals surface area contributed by atoms with Crippen molar-refractivity contribution < 1.29 is 13.9 Å². The van der Waals surface area contributed by atoms with Gasteiger partial charge in [-0.05, 0) is 35.4 Å². The largest absolute Gasteiger partial charge is 0.388 e.